The molecule has 0 unspecified atom stereocenters. The third kappa shape index (κ3) is 3.25. The molecule has 0 aliphatic heterocycles. The summed E-state index contributed by atoms with van der Waals surface area (Å²) in [6, 6.07) is 10.7. The highest BCUT2D eigenvalue weighted by Crippen LogP contribution is 2.21. The van der Waals surface area contributed by atoms with Crippen molar-refractivity contribution in [3.05, 3.63) is 48.0 Å². The molecule has 24 heavy (non-hydrogen) atoms. The summed E-state index contributed by atoms with van der Waals surface area (Å²) >= 11 is 0. The summed E-state index contributed by atoms with van der Waals surface area (Å²) in [5.74, 6) is 0. The predicted octanol–water partition coefficient (Wildman–Crippen LogP) is 1.58. The molecule has 0 aliphatic carbocycles. The summed E-state index contributed by atoms with van der Waals surface area (Å²) in [7, 11) is -8.62. The summed E-state index contributed by atoms with van der Waals surface area (Å²) in [4.78, 5) is 5.86. The fraction of sp³-hybridized carbons (Fsp3) is 0.0714. The standard InChI is InChI=1S/C14H13N3O5S2/c1-9-3-2-4-10(7-9)17-23(18,19)11-5-6-12-13(8-11)16-14(15-12)24(20,21)22/h2-8,17H,1H3,(H,15,16)(H,20,21,22)/p-1. The highest BCUT2D eigenvalue weighted by Gasteiger charge is 2.17. The van der Waals surface area contributed by atoms with Crippen molar-refractivity contribution in [1.82, 2.24) is 9.97 Å². The van der Waals surface area contributed by atoms with Crippen molar-refractivity contribution in [3.63, 3.8) is 0 Å². The maximum Gasteiger partial charge on any atom is 0.261 e. The topological polar surface area (TPSA) is 132 Å². The van der Waals surface area contributed by atoms with Gasteiger partial charge in [0.15, 0.2) is 10.1 Å². The minimum atomic E-state index is -4.75. The minimum absolute atomic E-state index is 0.0880. The van der Waals surface area contributed by atoms with E-state index in [1.54, 1.807) is 18.2 Å². The predicted molar refractivity (Wildman–Crippen MR) is 86.0 cm³/mol. The van der Waals surface area contributed by atoms with Crippen molar-refractivity contribution in [2.75, 3.05) is 4.72 Å². The molecule has 8 nitrogen and oxygen atoms in total. The van der Waals surface area contributed by atoms with Crippen molar-refractivity contribution in [2.45, 2.75) is 17.0 Å². The van der Waals surface area contributed by atoms with E-state index in [1.165, 1.54) is 18.2 Å². The largest absolute Gasteiger partial charge is 0.742 e. The van der Waals surface area contributed by atoms with Crippen LogP contribution in [-0.2, 0) is 20.1 Å². The molecule has 2 N–H and O–H groups in total. The zero-order chi connectivity index (χ0) is 17.5. The second kappa shape index (κ2) is 5.58. The third-order valence-electron chi connectivity index (χ3n) is 3.25. The summed E-state index contributed by atoms with van der Waals surface area (Å²) in [5, 5.41) is -0.751. The first-order valence-electron chi connectivity index (χ1n) is 6.70. The number of anilines is 1. The summed E-state index contributed by atoms with van der Waals surface area (Å²) in [6.07, 6.45) is 0. The molecule has 1 heterocycles. The zero-order valence-corrected chi connectivity index (χ0v) is 14.0. The van der Waals surface area contributed by atoms with Gasteiger partial charge in [0.05, 0.1) is 15.9 Å². The summed E-state index contributed by atoms with van der Waals surface area (Å²) < 4.78 is 60.2. The molecule has 10 heteroatoms. The first-order valence-corrected chi connectivity index (χ1v) is 9.59. The number of hydrogen-bond donors (Lipinski definition) is 2. The Labute approximate surface area is 138 Å². The van der Waals surface area contributed by atoms with Gasteiger partial charge in [0.1, 0.15) is 0 Å². The average Bonchev–Trinajstić information content (AvgIpc) is 2.90. The molecular formula is C14H12N3O5S2-. The monoisotopic (exact) mass is 366 g/mol. The van der Waals surface area contributed by atoms with Crippen LogP contribution in [0.2, 0.25) is 0 Å². The molecule has 0 bridgehead atoms. The van der Waals surface area contributed by atoms with Gasteiger partial charge in [-0.25, -0.2) is 21.8 Å². The Morgan fingerprint density at radius 3 is 2.50 bits per heavy atom. The third-order valence-corrected chi connectivity index (χ3v) is 5.29. The fourth-order valence-corrected chi connectivity index (χ4v) is 3.69. The lowest BCUT2D eigenvalue weighted by molar-refractivity contribution is 0.456. The molecule has 126 valence electrons. The number of fused-ring (bicyclic) bond motifs is 1. The molecule has 1 aromatic heterocycles. The van der Waals surface area contributed by atoms with Gasteiger partial charge < -0.3 is 9.54 Å². The van der Waals surface area contributed by atoms with Crippen molar-refractivity contribution in [1.29, 1.82) is 0 Å². The highest BCUT2D eigenvalue weighted by atomic mass is 32.2. The molecule has 0 amide bonds. The van der Waals surface area contributed by atoms with Crippen LogP contribution in [0.15, 0.2) is 52.5 Å². The van der Waals surface area contributed by atoms with Crippen molar-refractivity contribution in [3.8, 4) is 0 Å². The van der Waals surface area contributed by atoms with E-state index in [9.17, 15) is 21.4 Å². The number of rotatable bonds is 4. The van der Waals surface area contributed by atoms with Crippen LogP contribution in [-0.4, -0.2) is 31.4 Å². The average molecular weight is 366 g/mol. The van der Waals surface area contributed by atoms with Crippen molar-refractivity contribution < 1.29 is 21.4 Å². The van der Waals surface area contributed by atoms with Crippen molar-refractivity contribution >= 4 is 36.9 Å². The quantitative estimate of drug-likeness (QED) is 0.674. The van der Waals surface area contributed by atoms with Gasteiger partial charge in [-0.1, -0.05) is 12.1 Å². The maximum absolute atomic E-state index is 12.4. The van der Waals surface area contributed by atoms with E-state index < -0.39 is 25.3 Å². The van der Waals surface area contributed by atoms with Gasteiger partial charge in [-0.2, -0.15) is 0 Å². The lowest BCUT2D eigenvalue weighted by Gasteiger charge is -2.08. The Kier molecular flexibility index (Phi) is 3.82. The molecule has 2 aromatic carbocycles. The number of H-pyrrole nitrogens is 1. The van der Waals surface area contributed by atoms with E-state index in [2.05, 4.69) is 14.7 Å². The molecule has 0 saturated carbocycles. The van der Waals surface area contributed by atoms with Crippen LogP contribution in [0.5, 0.6) is 0 Å². The Morgan fingerprint density at radius 1 is 1.08 bits per heavy atom. The highest BCUT2D eigenvalue weighted by molar-refractivity contribution is 7.92. The van der Waals surface area contributed by atoms with Gasteiger partial charge in [-0.3, -0.25) is 4.72 Å². The molecule has 3 rings (SSSR count). The van der Waals surface area contributed by atoms with E-state index in [1.807, 2.05) is 13.0 Å². The van der Waals surface area contributed by atoms with E-state index in [-0.39, 0.29) is 15.9 Å². The number of aromatic nitrogens is 2. The van der Waals surface area contributed by atoms with Crippen LogP contribution < -0.4 is 4.72 Å². The first kappa shape index (κ1) is 16.4. The molecule has 0 spiro atoms. The number of aromatic amines is 1. The van der Waals surface area contributed by atoms with Crippen molar-refractivity contribution in [2.24, 2.45) is 0 Å². The van der Waals surface area contributed by atoms with Gasteiger partial charge in [-0.05, 0) is 42.8 Å². The number of imidazole rings is 1. The Morgan fingerprint density at radius 2 is 1.83 bits per heavy atom. The molecular weight excluding hydrogens is 354 g/mol. The molecule has 0 radical (unpaired) electrons. The molecule has 0 aliphatic rings. The minimum Gasteiger partial charge on any atom is -0.742 e. The van der Waals surface area contributed by atoms with Crippen LogP contribution in [0, 0.1) is 6.92 Å². The fourth-order valence-electron chi connectivity index (χ4n) is 2.17. The molecule has 3 aromatic rings. The number of sulfonamides is 1. The zero-order valence-electron chi connectivity index (χ0n) is 12.3. The Balaban J connectivity index is 2.01. The smallest absolute Gasteiger partial charge is 0.261 e. The Bertz CT molecular complexity index is 1130. The number of aryl methyl sites for hydroxylation is 1. The van der Waals surface area contributed by atoms with E-state index in [0.717, 1.165) is 5.56 Å². The molecule has 0 atom stereocenters. The normalized spacial score (nSPS) is 12.4. The van der Waals surface area contributed by atoms with Crippen LogP contribution in [0.25, 0.3) is 11.0 Å². The number of nitrogens with one attached hydrogen (secondary N) is 2. The van der Waals surface area contributed by atoms with Crippen LogP contribution >= 0.6 is 0 Å². The van der Waals surface area contributed by atoms with E-state index in [0.29, 0.717) is 5.69 Å². The summed E-state index contributed by atoms with van der Waals surface area (Å²) in [6.45, 7) is 1.83. The lowest BCUT2D eigenvalue weighted by Crippen LogP contribution is -2.12. The van der Waals surface area contributed by atoms with Crippen LogP contribution in [0.3, 0.4) is 0 Å². The second-order valence-corrected chi connectivity index (χ2v) is 8.13. The van der Waals surface area contributed by atoms with Gasteiger partial charge >= 0.3 is 0 Å². The summed E-state index contributed by atoms with van der Waals surface area (Å²) in [5.41, 5.74) is 1.61. The van der Waals surface area contributed by atoms with E-state index in [4.69, 9.17) is 0 Å². The van der Waals surface area contributed by atoms with Gasteiger partial charge in [0, 0.05) is 5.69 Å². The second-order valence-electron chi connectivity index (χ2n) is 5.15. The van der Waals surface area contributed by atoms with Crippen LogP contribution in [0.4, 0.5) is 5.69 Å². The number of nitrogens with zero attached hydrogens (tertiary/aromatic N) is 1. The first-order chi connectivity index (χ1) is 11.1. The maximum atomic E-state index is 12.4. The SMILES string of the molecule is Cc1cccc(NS(=O)(=O)c2ccc3nc(S(=O)(=O)[O-])[nH]c3c2)c1. The van der Waals surface area contributed by atoms with Gasteiger partial charge in [0.25, 0.3) is 10.0 Å². The van der Waals surface area contributed by atoms with Gasteiger partial charge in [-0.15, -0.1) is 0 Å². The lowest BCUT2D eigenvalue weighted by atomic mass is 10.2. The number of hydrogen-bond acceptors (Lipinski definition) is 6. The number of benzene rings is 2. The van der Waals surface area contributed by atoms with Gasteiger partial charge in [0.2, 0.25) is 5.16 Å². The van der Waals surface area contributed by atoms with E-state index >= 15 is 0 Å². The Hall–Kier alpha value is -2.43. The molecule has 0 fully saturated rings. The van der Waals surface area contributed by atoms with Crippen LogP contribution in [0.1, 0.15) is 5.56 Å². The molecule has 0 saturated heterocycles.